The Morgan fingerprint density at radius 3 is 2.68 bits per heavy atom. The van der Waals surface area contributed by atoms with Gasteiger partial charge in [0.25, 0.3) is 0 Å². The molecule has 6 heteroatoms. The first-order chi connectivity index (χ1) is 12.2. The van der Waals surface area contributed by atoms with E-state index in [0.717, 1.165) is 24.3 Å². The molecular formula is C19H17ClN4S. The molecule has 0 aliphatic carbocycles. The van der Waals surface area contributed by atoms with Crippen LogP contribution in [0.2, 0.25) is 5.02 Å². The van der Waals surface area contributed by atoms with Crippen molar-refractivity contribution in [3.05, 3.63) is 83.4 Å². The highest BCUT2D eigenvalue weighted by Gasteiger charge is 2.30. The summed E-state index contributed by atoms with van der Waals surface area (Å²) in [5, 5.41) is 4.63. The zero-order valence-corrected chi connectivity index (χ0v) is 15.0. The van der Waals surface area contributed by atoms with Gasteiger partial charge in [-0.25, -0.2) is 0 Å². The van der Waals surface area contributed by atoms with Crippen LogP contribution in [0.1, 0.15) is 17.3 Å². The summed E-state index contributed by atoms with van der Waals surface area (Å²) in [7, 11) is 0. The molecule has 1 unspecified atom stereocenters. The highest BCUT2D eigenvalue weighted by Crippen LogP contribution is 2.33. The lowest BCUT2D eigenvalue weighted by atomic mass is 10.0. The van der Waals surface area contributed by atoms with Gasteiger partial charge in [-0.15, -0.1) is 0 Å². The van der Waals surface area contributed by atoms with Crippen LogP contribution < -0.4 is 5.32 Å². The molecular weight excluding hydrogens is 352 g/mol. The summed E-state index contributed by atoms with van der Waals surface area (Å²) in [4.78, 5) is 6.35. The number of fused-ring (bicyclic) bond motifs is 1. The molecule has 3 aromatic rings. The summed E-state index contributed by atoms with van der Waals surface area (Å²) in [5.41, 5.74) is 3.21. The number of rotatable bonds is 2. The van der Waals surface area contributed by atoms with Crippen molar-refractivity contribution in [1.29, 1.82) is 0 Å². The molecule has 126 valence electrons. The Labute approximate surface area is 157 Å². The molecule has 2 aromatic heterocycles. The normalized spacial score (nSPS) is 16.4. The van der Waals surface area contributed by atoms with Crippen LogP contribution in [-0.4, -0.2) is 26.1 Å². The van der Waals surface area contributed by atoms with Gasteiger partial charge in [0, 0.05) is 37.4 Å². The Morgan fingerprint density at radius 2 is 1.88 bits per heavy atom. The van der Waals surface area contributed by atoms with Crippen molar-refractivity contribution >= 4 is 34.6 Å². The van der Waals surface area contributed by atoms with E-state index in [0.29, 0.717) is 10.1 Å². The molecule has 0 radical (unpaired) electrons. The molecule has 3 heterocycles. The second-order valence-electron chi connectivity index (χ2n) is 5.91. The van der Waals surface area contributed by atoms with Crippen molar-refractivity contribution in [2.24, 2.45) is 0 Å². The maximum atomic E-state index is 6.27. The number of pyridine rings is 1. The van der Waals surface area contributed by atoms with Gasteiger partial charge in [0.15, 0.2) is 5.11 Å². The number of anilines is 1. The summed E-state index contributed by atoms with van der Waals surface area (Å²) < 4.78 is 2.28. The Morgan fingerprint density at radius 1 is 1.08 bits per heavy atom. The van der Waals surface area contributed by atoms with Crippen LogP contribution in [0.3, 0.4) is 0 Å². The first-order valence-electron chi connectivity index (χ1n) is 8.11. The van der Waals surface area contributed by atoms with Gasteiger partial charge in [-0.05, 0) is 54.2 Å². The topological polar surface area (TPSA) is 33.1 Å². The van der Waals surface area contributed by atoms with Crippen molar-refractivity contribution < 1.29 is 0 Å². The largest absolute Gasteiger partial charge is 0.348 e. The third kappa shape index (κ3) is 3.13. The lowest BCUT2D eigenvalue weighted by Crippen LogP contribution is -2.44. The molecule has 1 aliphatic rings. The van der Waals surface area contributed by atoms with Gasteiger partial charge < -0.3 is 14.8 Å². The van der Waals surface area contributed by atoms with Crippen molar-refractivity contribution in [2.45, 2.75) is 12.6 Å². The first-order valence-corrected chi connectivity index (χ1v) is 8.90. The van der Waals surface area contributed by atoms with E-state index >= 15 is 0 Å². The number of nitrogens with zero attached hydrogens (tertiary/aromatic N) is 3. The fourth-order valence-corrected chi connectivity index (χ4v) is 3.74. The quantitative estimate of drug-likeness (QED) is 0.682. The maximum Gasteiger partial charge on any atom is 0.174 e. The highest BCUT2D eigenvalue weighted by molar-refractivity contribution is 7.80. The lowest BCUT2D eigenvalue weighted by molar-refractivity contribution is 0.293. The average Bonchev–Trinajstić information content (AvgIpc) is 3.12. The zero-order chi connectivity index (χ0) is 17.2. The summed E-state index contributed by atoms with van der Waals surface area (Å²) in [6.45, 7) is 1.72. The van der Waals surface area contributed by atoms with Gasteiger partial charge in [0.1, 0.15) is 0 Å². The van der Waals surface area contributed by atoms with Gasteiger partial charge in [0.05, 0.1) is 16.8 Å². The molecule has 0 fully saturated rings. The number of para-hydroxylation sites is 1. The minimum Gasteiger partial charge on any atom is -0.348 e. The summed E-state index contributed by atoms with van der Waals surface area (Å²) in [6, 6.07) is 16.0. The molecule has 0 bridgehead atoms. The third-order valence-corrected chi connectivity index (χ3v) is 5.10. The fraction of sp³-hybridized carbons (Fsp3) is 0.158. The van der Waals surface area contributed by atoms with E-state index in [9.17, 15) is 0 Å². The minimum atomic E-state index is 0.0502. The maximum absolute atomic E-state index is 6.27. The van der Waals surface area contributed by atoms with Crippen molar-refractivity contribution in [1.82, 2.24) is 14.5 Å². The van der Waals surface area contributed by atoms with Crippen LogP contribution in [0.15, 0.2) is 67.1 Å². The average molecular weight is 369 g/mol. The summed E-state index contributed by atoms with van der Waals surface area (Å²) in [5.74, 6) is 0. The number of thiocarbonyl (C=S) groups is 1. The number of nitrogens with one attached hydrogen (secondary N) is 1. The molecule has 4 rings (SSSR count). The van der Waals surface area contributed by atoms with E-state index in [1.807, 2.05) is 48.8 Å². The van der Waals surface area contributed by atoms with Crippen molar-refractivity contribution in [3.63, 3.8) is 0 Å². The van der Waals surface area contributed by atoms with Crippen molar-refractivity contribution in [3.8, 4) is 0 Å². The predicted molar refractivity (Wildman–Crippen MR) is 105 cm³/mol. The molecule has 0 saturated heterocycles. The number of halogens is 1. The Kier molecular flexibility index (Phi) is 4.42. The zero-order valence-electron chi connectivity index (χ0n) is 13.5. The van der Waals surface area contributed by atoms with Crippen LogP contribution in [0.25, 0.3) is 0 Å². The van der Waals surface area contributed by atoms with E-state index in [4.69, 9.17) is 23.8 Å². The number of hydrogen-bond acceptors (Lipinski definition) is 2. The van der Waals surface area contributed by atoms with E-state index in [-0.39, 0.29) is 6.04 Å². The van der Waals surface area contributed by atoms with E-state index < -0.39 is 0 Å². The smallest absolute Gasteiger partial charge is 0.174 e. The molecule has 1 atom stereocenters. The SMILES string of the molecule is S=C(Nc1ccccc1Cl)N1CCn2cccc2C1c1ccncc1. The van der Waals surface area contributed by atoms with Gasteiger partial charge in [0.2, 0.25) is 0 Å². The number of aromatic nitrogens is 2. The third-order valence-electron chi connectivity index (χ3n) is 4.44. The van der Waals surface area contributed by atoms with Crippen molar-refractivity contribution in [2.75, 3.05) is 11.9 Å². The van der Waals surface area contributed by atoms with Crippen LogP contribution in [0.5, 0.6) is 0 Å². The molecule has 1 aliphatic heterocycles. The van der Waals surface area contributed by atoms with E-state index in [1.165, 1.54) is 5.69 Å². The summed E-state index contributed by atoms with van der Waals surface area (Å²) in [6.07, 6.45) is 5.76. The molecule has 0 spiro atoms. The van der Waals surface area contributed by atoms with E-state index in [2.05, 4.69) is 38.1 Å². The van der Waals surface area contributed by atoms with Gasteiger partial charge >= 0.3 is 0 Å². The molecule has 1 aromatic carbocycles. The van der Waals surface area contributed by atoms with E-state index in [1.54, 1.807) is 0 Å². The molecule has 0 saturated carbocycles. The second kappa shape index (κ2) is 6.86. The fourth-order valence-electron chi connectivity index (χ4n) is 3.25. The molecule has 25 heavy (non-hydrogen) atoms. The summed E-state index contributed by atoms with van der Waals surface area (Å²) >= 11 is 12.0. The highest BCUT2D eigenvalue weighted by atomic mass is 35.5. The molecule has 1 N–H and O–H groups in total. The van der Waals surface area contributed by atoms with Gasteiger partial charge in [-0.3, -0.25) is 4.98 Å². The first kappa shape index (κ1) is 16.1. The Hall–Kier alpha value is -2.37. The number of benzene rings is 1. The standard InChI is InChI=1S/C19H17ClN4S/c20-15-4-1-2-5-16(15)22-19(25)24-13-12-23-11-3-6-17(23)18(24)14-7-9-21-10-8-14/h1-11,18H,12-13H2,(H,22,25). The molecule has 4 nitrogen and oxygen atoms in total. The van der Waals surface area contributed by atoms with Crippen LogP contribution in [0, 0.1) is 0 Å². The Bertz CT molecular complexity index is 893. The van der Waals surface area contributed by atoms with Gasteiger partial charge in [-0.1, -0.05) is 23.7 Å². The predicted octanol–water partition coefficient (Wildman–Crippen LogP) is 4.34. The van der Waals surface area contributed by atoms with Crippen LogP contribution >= 0.6 is 23.8 Å². The van der Waals surface area contributed by atoms with Gasteiger partial charge in [-0.2, -0.15) is 0 Å². The lowest BCUT2D eigenvalue weighted by Gasteiger charge is -2.39. The Balaban J connectivity index is 1.68. The monoisotopic (exact) mass is 368 g/mol. The van der Waals surface area contributed by atoms with Crippen LogP contribution in [-0.2, 0) is 6.54 Å². The molecule has 0 amide bonds. The number of hydrogen-bond donors (Lipinski definition) is 1. The van der Waals surface area contributed by atoms with Crippen LogP contribution in [0.4, 0.5) is 5.69 Å². The minimum absolute atomic E-state index is 0.0502. The second-order valence-corrected chi connectivity index (χ2v) is 6.71.